The minimum absolute atomic E-state index is 0.0164. The van der Waals surface area contributed by atoms with Gasteiger partial charge in [-0.15, -0.1) is 0 Å². The van der Waals surface area contributed by atoms with E-state index >= 15 is 0 Å². The Morgan fingerprint density at radius 3 is 1.73 bits per heavy atom. The van der Waals surface area contributed by atoms with E-state index in [1.54, 1.807) is 54.6 Å². The topological polar surface area (TPSA) is 77.3 Å². The van der Waals surface area contributed by atoms with Crippen LogP contribution in [0.1, 0.15) is 11.1 Å². The third-order valence-electron chi connectivity index (χ3n) is 4.36. The molecule has 3 aromatic rings. The fourth-order valence-electron chi connectivity index (χ4n) is 2.62. The maximum atomic E-state index is 12.8. The monoisotopic (exact) mass is 367 g/mol. The molecular weight excluding hydrogens is 350 g/mol. The van der Waals surface area contributed by atoms with Crippen molar-refractivity contribution in [3.63, 3.8) is 0 Å². The Kier molecular flexibility index (Phi) is 4.61. The highest BCUT2D eigenvalue weighted by atomic mass is 32.2. The Balaban J connectivity index is 1.93. The summed E-state index contributed by atoms with van der Waals surface area (Å²) in [5.41, 5.74) is 3.55. The molecule has 0 N–H and O–H groups in total. The molecule has 0 aliphatic rings. The predicted octanol–water partition coefficient (Wildman–Crippen LogP) is 4.71. The lowest BCUT2D eigenvalue weighted by atomic mass is 10.1. The Labute approximate surface area is 152 Å². The van der Waals surface area contributed by atoms with E-state index in [-0.39, 0.29) is 15.5 Å². The Morgan fingerprint density at radius 1 is 0.731 bits per heavy atom. The van der Waals surface area contributed by atoms with E-state index < -0.39 is 14.8 Å². The molecule has 0 saturated carbocycles. The molecule has 3 aromatic carbocycles. The normalized spacial score (nSPS) is 11.3. The first-order valence-electron chi connectivity index (χ1n) is 7.96. The summed E-state index contributed by atoms with van der Waals surface area (Å²) in [6.45, 7) is 3.82. The second-order valence-corrected chi connectivity index (χ2v) is 8.03. The van der Waals surface area contributed by atoms with E-state index in [4.69, 9.17) is 0 Å². The van der Waals surface area contributed by atoms with Crippen molar-refractivity contribution in [1.82, 2.24) is 0 Å². The molecule has 0 heterocycles. The van der Waals surface area contributed by atoms with E-state index in [0.29, 0.717) is 0 Å². The van der Waals surface area contributed by atoms with Crippen LogP contribution in [0, 0.1) is 24.0 Å². The number of aryl methyl sites for hydroxylation is 2. The van der Waals surface area contributed by atoms with Gasteiger partial charge in [0.05, 0.1) is 14.7 Å². The van der Waals surface area contributed by atoms with Gasteiger partial charge in [-0.1, -0.05) is 18.2 Å². The first-order valence-corrected chi connectivity index (χ1v) is 9.44. The molecule has 132 valence electrons. The number of nitro benzene ring substituents is 1. The van der Waals surface area contributed by atoms with Crippen LogP contribution in [0.4, 0.5) is 5.69 Å². The second-order valence-electron chi connectivity index (χ2n) is 6.08. The number of nitrogens with zero attached hydrogens (tertiary/aromatic N) is 1. The van der Waals surface area contributed by atoms with Crippen LogP contribution in [0.3, 0.4) is 0 Å². The van der Waals surface area contributed by atoms with E-state index in [2.05, 4.69) is 0 Å². The Bertz CT molecular complexity index is 1070. The van der Waals surface area contributed by atoms with Crippen molar-refractivity contribution in [3.05, 3.63) is 88.0 Å². The lowest BCUT2D eigenvalue weighted by molar-refractivity contribution is -0.384. The largest absolute Gasteiger partial charge is 0.269 e. The van der Waals surface area contributed by atoms with Crippen LogP contribution in [-0.4, -0.2) is 13.3 Å². The van der Waals surface area contributed by atoms with E-state index in [9.17, 15) is 18.5 Å². The van der Waals surface area contributed by atoms with Crippen LogP contribution in [0.2, 0.25) is 0 Å². The fourth-order valence-corrected chi connectivity index (χ4v) is 3.96. The zero-order valence-corrected chi connectivity index (χ0v) is 15.2. The van der Waals surface area contributed by atoms with Gasteiger partial charge in [-0.25, -0.2) is 8.42 Å². The number of rotatable bonds is 4. The number of sulfone groups is 1. The number of hydrogen-bond donors (Lipinski definition) is 0. The van der Waals surface area contributed by atoms with Gasteiger partial charge in [0.1, 0.15) is 0 Å². The van der Waals surface area contributed by atoms with Crippen LogP contribution in [0.25, 0.3) is 11.1 Å². The van der Waals surface area contributed by atoms with Crippen LogP contribution in [-0.2, 0) is 9.84 Å². The van der Waals surface area contributed by atoms with Crippen molar-refractivity contribution in [2.45, 2.75) is 23.6 Å². The molecule has 0 atom stereocenters. The average molecular weight is 367 g/mol. The molecule has 0 amide bonds. The standard InChI is InChI=1S/C20H17NO4S/c1-14-3-10-20(13-15(14)2)26(24,25)19-11-6-17(7-12-19)16-4-8-18(9-5-16)21(22)23/h3-13H,1-2H3. The van der Waals surface area contributed by atoms with Gasteiger partial charge in [0, 0.05) is 12.1 Å². The number of hydrogen-bond acceptors (Lipinski definition) is 4. The highest BCUT2D eigenvalue weighted by Crippen LogP contribution is 2.27. The molecule has 0 aromatic heterocycles. The molecular formula is C20H17NO4S. The lowest BCUT2D eigenvalue weighted by Gasteiger charge is -2.08. The minimum Gasteiger partial charge on any atom is -0.258 e. The maximum absolute atomic E-state index is 12.8. The molecule has 0 spiro atoms. The van der Waals surface area contributed by atoms with Gasteiger partial charge in [0.2, 0.25) is 9.84 Å². The van der Waals surface area contributed by atoms with Crippen molar-refractivity contribution >= 4 is 15.5 Å². The molecule has 0 unspecified atom stereocenters. The van der Waals surface area contributed by atoms with Crippen molar-refractivity contribution in [2.75, 3.05) is 0 Å². The molecule has 0 bridgehead atoms. The molecule has 0 fully saturated rings. The van der Waals surface area contributed by atoms with Gasteiger partial charge in [-0.2, -0.15) is 0 Å². The van der Waals surface area contributed by atoms with E-state index in [1.165, 1.54) is 12.1 Å². The summed E-state index contributed by atoms with van der Waals surface area (Å²) in [6.07, 6.45) is 0. The van der Waals surface area contributed by atoms with Gasteiger partial charge < -0.3 is 0 Å². The van der Waals surface area contributed by atoms with Crippen LogP contribution in [0.15, 0.2) is 76.5 Å². The lowest BCUT2D eigenvalue weighted by Crippen LogP contribution is -2.02. The summed E-state index contributed by atoms with van der Waals surface area (Å²) >= 11 is 0. The Morgan fingerprint density at radius 2 is 1.23 bits per heavy atom. The molecule has 0 radical (unpaired) electrons. The van der Waals surface area contributed by atoms with Gasteiger partial charge in [-0.3, -0.25) is 10.1 Å². The van der Waals surface area contributed by atoms with Crippen LogP contribution < -0.4 is 0 Å². The third-order valence-corrected chi connectivity index (χ3v) is 6.13. The first-order chi connectivity index (χ1) is 12.3. The summed E-state index contributed by atoms with van der Waals surface area (Å²) in [5, 5.41) is 10.7. The zero-order chi connectivity index (χ0) is 18.9. The summed E-state index contributed by atoms with van der Waals surface area (Å²) in [7, 11) is -3.58. The third kappa shape index (κ3) is 3.36. The number of non-ortho nitro benzene ring substituents is 1. The van der Waals surface area contributed by atoms with Crippen molar-refractivity contribution in [3.8, 4) is 11.1 Å². The molecule has 5 nitrogen and oxygen atoms in total. The molecule has 0 aliphatic heterocycles. The molecule has 26 heavy (non-hydrogen) atoms. The second kappa shape index (κ2) is 6.72. The van der Waals surface area contributed by atoms with Crippen LogP contribution >= 0.6 is 0 Å². The van der Waals surface area contributed by atoms with Gasteiger partial charge >= 0.3 is 0 Å². The average Bonchev–Trinajstić information content (AvgIpc) is 2.64. The first kappa shape index (κ1) is 17.8. The van der Waals surface area contributed by atoms with E-state index in [1.807, 2.05) is 13.8 Å². The highest BCUT2D eigenvalue weighted by Gasteiger charge is 2.18. The Hall–Kier alpha value is -2.99. The van der Waals surface area contributed by atoms with Crippen molar-refractivity contribution in [2.24, 2.45) is 0 Å². The summed E-state index contributed by atoms with van der Waals surface area (Å²) in [4.78, 5) is 10.7. The van der Waals surface area contributed by atoms with Gasteiger partial charge in [0.15, 0.2) is 0 Å². The highest BCUT2D eigenvalue weighted by molar-refractivity contribution is 7.91. The van der Waals surface area contributed by atoms with E-state index in [0.717, 1.165) is 22.3 Å². The summed E-state index contributed by atoms with van der Waals surface area (Å²) < 4.78 is 25.6. The smallest absolute Gasteiger partial charge is 0.258 e. The predicted molar refractivity (Wildman–Crippen MR) is 99.9 cm³/mol. The van der Waals surface area contributed by atoms with Crippen molar-refractivity contribution in [1.29, 1.82) is 0 Å². The summed E-state index contributed by atoms with van der Waals surface area (Å²) in [5.74, 6) is 0. The number of nitro groups is 1. The quantitative estimate of drug-likeness (QED) is 0.494. The molecule has 6 heteroatoms. The number of benzene rings is 3. The summed E-state index contributed by atoms with van der Waals surface area (Å²) in [6, 6.07) is 17.7. The fraction of sp³-hybridized carbons (Fsp3) is 0.100. The van der Waals surface area contributed by atoms with Crippen LogP contribution in [0.5, 0.6) is 0 Å². The maximum Gasteiger partial charge on any atom is 0.269 e. The van der Waals surface area contributed by atoms with Gasteiger partial charge in [0.25, 0.3) is 5.69 Å². The molecule has 3 rings (SSSR count). The molecule has 0 aliphatic carbocycles. The van der Waals surface area contributed by atoms with Gasteiger partial charge in [-0.05, 0) is 72.5 Å². The zero-order valence-electron chi connectivity index (χ0n) is 14.3. The van der Waals surface area contributed by atoms with Crippen molar-refractivity contribution < 1.29 is 13.3 Å². The minimum atomic E-state index is -3.58. The SMILES string of the molecule is Cc1ccc(S(=O)(=O)c2ccc(-c3ccc([N+](=O)[O-])cc3)cc2)cc1C. The molecule has 0 saturated heterocycles.